The fourth-order valence-corrected chi connectivity index (χ4v) is 4.47. The van der Waals surface area contributed by atoms with Crippen molar-refractivity contribution in [2.75, 3.05) is 25.1 Å². The Bertz CT molecular complexity index is 1400. The summed E-state index contributed by atoms with van der Waals surface area (Å²) in [6.07, 6.45) is -4.04. The van der Waals surface area contributed by atoms with Gasteiger partial charge in [0, 0.05) is 31.5 Å². The molecule has 2 aromatic carbocycles. The molecule has 2 N–H and O–H groups in total. The summed E-state index contributed by atoms with van der Waals surface area (Å²) in [5.74, 6) is -2.00. The number of benzene rings is 2. The van der Waals surface area contributed by atoms with Crippen LogP contribution in [0.4, 0.5) is 23.4 Å². The Morgan fingerprint density at radius 2 is 1.69 bits per heavy atom. The molecule has 0 amide bonds. The van der Waals surface area contributed by atoms with Gasteiger partial charge < -0.3 is 9.74 Å². The first-order valence-electron chi connectivity index (χ1n) is 10.7. The highest BCUT2D eigenvalue weighted by Crippen LogP contribution is 2.41. The largest absolute Gasteiger partial charge is 0.451 e. The van der Waals surface area contributed by atoms with Crippen LogP contribution in [0.2, 0.25) is 0 Å². The van der Waals surface area contributed by atoms with Crippen molar-refractivity contribution in [2.45, 2.75) is 23.9 Å². The van der Waals surface area contributed by atoms with Gasteiger partial charge in [0.05, 0.1) is 21.9 Å². The summed E-state index contributed by atoms with van der Waals surface area (Å²) >= 11 is 0. The zero-order valence-electron chi connectivity index (χ0n) is 19.0. The maximum absolute atomic E-state index is 13.9. The minimum atomic E-state index is -4.87. The molecule has 1 aliphatic rings. The third-order valence-electron chi connectivity index (χ3n) is 5.57. The van der Waals surface area contributed by atoms with Gasteiger partial charge in [-0.2, -0.15) is 13.2 Å². The van der Waals surface area contributed by atoms with E-state index in [1.165, 1.54) is 43.5 Å². The summed E-state index contributed by atoms with van der Waals surface area (Å²) < 4.78 is 79.3. The van der Waals surface area contributed by atoms with E-state index in [9.17, 15) is 26.0 Å². The molecule has 0 aliphatic carbocycles. The summed E-state index contributed by atoms with van der Waals surface area (Å²) in [5, 5.41) is 9.21. The zero-order valence-corrected chi connectivity index (χ0v) is 19.8. The predicted octanol–water partition coefficient (Wildman–Crippen LogP) is 4.22. The van der Waals surface area contributed by atoms with E-state index in [0.717, 1.165) is 17.8 Å². The van der Waals surface area contributed by atoms with E-state index in [-0.39, 0.29) is 46.2 Å². The van der Waals surface area contributed by atoms with Crippen LogP contribution in [0.3, 0.4) is 0 Å². The van der Waals surface area contributed by atoms with Crippen LogP contribution in [0.5, 0.6) is 0 Å². The monoisotopic (exact) mass is 523 g/mol. The average Bonchev–Trinajstić information content (AvgIpc) is 2.83. The van der Waals surface area contributed by atoms with E-state index >= 15 is 0 Å². The van der Waals surface area contributed by atoms with Gasteiger partial charge in [0.15, 0.2) is 0 Å². The van der Waals surface area contributed by atoms with E-state index in [2.05, 4.69) is 15.1 Å². The normalized spacial score (nSPS) is 14.6. The van der Waals surface area contributed by atoms with Crippen LogP contribution in [0.1, 0.15) is 18.7 Å². The molecular weight excluding hydrogens is 502 g/mol. The van der Waals surface area contributed by atoms with Crippen LogP contribution >= 0.6 is 0 Å². The summed E-state index contributed by atoms with van der Waals surface area (Å²) in [6, 6.07) is 10.3. The second-order valence-electron chi connectivity index (χ2n) is 8.00. The molecule has 0 radical (unpaired) electrons. The molecule has 13 heteroatoms. The molecule has 190 valence electrons. The quantitative estimate of drug-likeness (QED) is 0.396. The van der Waals surface area contributed by atoms with Gasteiger partial charge in [-0.15, -0.1) is 0 Å². The van der Waals surface area contributed by atoms with E-state index in [4.69, 9.17) is 9.98 Å². The SMILES string of the molecule is CON=C1CCN(c2nc(C(F)(F)F)nc(-c3ccc(F)cc3)c2-c2cccc(S(N)(=O)=O)c2)CC1. The number of anilines is 1. The van der Waals surface area contributed by atoms with Crippen LogP contribution < -0.4 is 10.0 Å². The van der Waals surface area contributed by atoms with Crippen LogP contribution in [0.15, 0.2) is 58.6 Å². The summed E-state index contributed by atoms with van der Waals surface area (Å²) in [5.41, 5.74) is 1.21. The Labute approximate surface area is 204 Å². The van der Waals surface area contributed by atoms with Crippen molar-refractivity contribution >= 4 is 21.6 Å². The highest BCUT2D eigenvalue weighted by molar-refractivity contribution is 7.89. The van der Waals surface area contributed by atoms with Crippen molar-refractivity contribution in [3.63, 3.8) is 0 Å². The molecule has 4 rings (SSSR count). The Kier molecular flexibility index (Phi) is 6.96. The number of hydrogen-bond donors (Lipinski definition) is 1. The lowest BCUT2D eigenvalue weighted by atomic mass is 9.98. The van der Waals surface area contributed by atoms with Gasteiger partial charge in [0.25, 0.3) is 0 Å². The maximum Gasteiger partial charge on any atom is 0.451 e. The molecule has 2 heterocycles. The highest BCUT2D eigenvalue weighted by atomic mass is 32.2. The fourth-order valence-electron chi connectivity index (χ4n) is 3.91. The standard InChI is InChI=1S/C23H21F4N5O3S/c1-35-31-17-9-11-32(12-10-17)21-19(15-3-2-4-18(13-15)36(28,33)34)20(14-5-7-16(24)8-6-14)29-22(30-21)23(25,26)27/h2-8,13H,9-12H2,1H3,(H2,28,33,34). The summed E-state index contributed by atoms with van der Waals surface area (Å²) in [4.78, 5) is 13.9. The van der Waals surface area contributed by atoms with Crippen molar-refractivity contribution in [1.29, 1.82) is 0 Å². The number of nitrogens with zero attached hydrogens (tertiary/aromatic N) is 4. The zero-order chi connectivity index (χ0) is 26.1. The number of halogens is 4. The van der Waals surface area contributed by atoms with E-state index in [1.807, 2.05) is 0 Å². The number of nitrogens with two attached hydrogens (primary N) is 1. The minimum Gasteiger partial charge on any atom is -0.399 e. The molecule has 1 aromatic heterocycles. The first-order chi connectivity index (χ1) is 17.0. The maximum atomic E-state index is 13.9. The second kappa shape index (κ2) is 9.82. The number of piperidine rings is 1. The second-order valence-corrected chi connectivity index (χ2v) is 9.56. The Hall–Kier alpha value is -3.58. The lowest BCUT2D eigenvalue weighted by Gasteiger charge is -2.31. The van der Waals surface area contributed by atoms with Gasteiger partial charge in [0.2, 0.25) is 15.8 Å². The lowest BCUT2D eigenvalue weighted by Crippen LogP contribution is -2.35. The highest BCUT2D eigenvalue weighted by Gasteiger charge is 2.38. The van der Waals surface area contributed by atoms with Gasteiger partial charge in [-0.1, -0.05) is 17.3 Å². The van der Waals surface area contributed by atoms with Gasteiger partial charge in [0.1, 0.15) is 18.7 Å². The lowest BCUT2D eigenvalue weighted by molar-refractivity contribution is -0.144. The van der Waals surface area contributed by atoms with Crippen molar-refractivity contribution in [3.8, 4) is 22.4 Å². The smallest absolute Gasteiger partial charge is 0.399 e. The number of alkyl halides is 3. The van der Waals surface area contributed by atoms with E-state index in [0.29, 0.717) is 12.8 Å². The number of rotatable bonds is 5. The van der Waals surface area contributed by atoms with Crippen molar-refractivity contribution in [1.82, 2.24) is 9.97 Å². The Morgan fingerprint density at radius 3 is 2.28 bits per heavy atom. The molecule has 0 saturated carbocycles. The van der Waals surface area contributed by atoms with Gasteiger partial charge in [-0.3, -0.25) is 0 Å². The van der Waals surface area contributed by atoms with Crippen molar-refractivity contribution < 1.29 is 30.8 Å². The van der Waals surface area contributed by atoms with Crippen molar-refractivity contribution in [2.24, 2.45) is 10.3 Å². The molecule has 0 bridgehead atoms. The Balaban J connectivity index is 2.00. The summed E-state index contributed by atoms with van der Waals surface area (Å²) in [7, 11) is -2.71. The van der Waals surface area contributed by atoms with Gasteiger partial charge in [-0.05, 0) is 42.0 Å². The van der Waals surface area contributed by atoms with E-state index in [1.54, 1.807) is 4.90 Å². The van der Waals surface area contributed by atoms with Crippen molar-refractivity contribution in [3.05, 3.63) is 60.2 Å². The molecule has 1 aliphatic heterocycles. The number of sulfonamides is 1. The molecule has 0 atom stereocenters. The third kappa shape index (κ3) is 5.46. The van der Waals surface area contributed by atoms with Crippen LogP contribution in [0, 0.1) is 5.82 Å². The van der Waals surface area contributed by atoms with Crippen LogP contribution in [-0.2, 0) is 21.0 Å². The molecule has 8 nitrogen and oxygen atoms in total. The van der Waals surface area contributed by atoms with Crippen LogP contribution in [-0.4, -0.2) is 44.3 Å². The van der Waals surface area contributed by atoms with Gasteiger partial charge in [-0.25, -0.2) is 27.9 Å². The van der Waals surface area contributed by atoms with E-state index < -0.39 is 27.8 Å². The summed E-state index contributed by atoms with van der Waals surface area (Å²) in [6.45, 7) is 0.558. The number of aromatic nitrogens is 2. The molecule has 0 spiro atoms. The first kappa shape index (κ1) is 25.5. The molecule has 3 aromatic rings. The molecular formula is C23H21F4N5O3S. The van der Waals surface area contributed by atoms with Crippen LogP contribution in [0.25, 0.3) is 22.4 Å². The fraction of sp³-hybridized carbons (Fsp3) is 0.261. The molecule has 1 saturated heterocycles. The number of primary sulfonamides is 1. The topological polar surface area (TPSA) is 111 Å². The minimum absolute atomic E-state index is 0.0420. The molecule has 0 unspecified atom stereocenters. The third-order valence-corrected chi connectivity index (χ3v) is 6.48. The molecule has 1 fully saturated rings. The number of hydrogen-bond acceptors (Lipinski definition) is 7. The molecule has 36 heavy (non-hydrogen) atoms. The predicted molar refractivity (Wildman–Crippen MR) is 125 cm³/mol. The first-order valence-corrected chi connectivity index (χ1v) is 12.2. The average molecular weight is 524 g/mol. The van der Waals surface area contributed by atoms with Gasteiger partial charge >= 0.3 is 6.18 Å². The Morgan fingerprint density at radius 1 is 1.03 bits per heavy atom. The number of oxime groups is 1.